The SMILES string of the molecule is COC(=O)N[C@H](C(=O)NCC1CCCC1CCc1ncc(-c2ccc(-c3ccc4c(c3)CCc3[nH]c([C@@H]5CCCN5C(=O)CNC(=O)O)nc3-4)cc2)[nH]1)C(C)C. The van der Waals surface area contributed by atoms with Crippen LogP contribution >= 0.6 is 0 Å². The molecular formula is C42H52N8O6. The van der Waals surface area contributed by atoms with Crippen LogP contribution in [0.4, 0.5) is 9.59 Å². The van der Waals surface area contributed by atoms with Gasteiger partial charge in [0.2, 0.25) is 11.8 Å². The van der Waals surface area contributed by atoms with Crippen LogP contribution in [0.15, 0.2) is 48.7 Å². The molecule has 296 valence electrons. The zero-order valence-electron chi connectivity index (χ0n) is 32.3. The van der Waals surface area contributed by atoms with E-state index in [-0.39, 0.29) is 30.3 Å². The van der Waals surface area contributed by atoms with Gasteiger partial charge in [-0.1, -0.05) is 69.2 Å². The molecular weight excluding hydrogens is 713 g/mol. The van der Waals surface area contributed by atoms with Crippen LogP contribution in [-0.4, -0.2) is 86.7 Å². The van der Waals surface area contributed by atoms with Gasteiger partial charge >= 0.3 is 12.2 Å². The number of H-pyrrole nitrogens is 2. The van der Waals surface area contributed by atoms with Crippen LogP contribution in [0.1, 0.15) is 81.3 Å². The number of imidazole rings is 2. The topological polar surface area (TPSA) is 194 Å². The largest absolute Gasteiger partial charge is 0.465 e. The number of benzene rings is 2. The van der Waals surface area contributed by atoms with E-state index in [1.807, 2.05) is 20.0 Å². The molecule has 0 radical (unpaired) electrons. The van der Waals surface area contributed by atoms with Gasteiger partial charge in [-0.3, -0.25) is 9.59 Å². The lowest BCUT2D eigenvalue weighted by Crippen LogP contribution is -2.50. The number of hydrogen-bond acceptors (Lipinski definition) is 7. The van der Waals surface area contributed by atoms with Gasteiger partial charge in [0.15, 0.2) is 0 Å². The number of carboxylic acid groups (broad SMARTS) is 1. The number of methoxy groups -OCH3 is 1. The summed E-state index contributed by atoms with van der Waals surface area (Å²) in [4.78, 5) is 66.8. The number of likely N-dealkylation sites (tertiary alicyclic amines) is 1. The molecule has 1 aliphatic heterocycles. The van der Waals surface area contributed by atoms with Crippen LogP contribution in [-0.2, 0) is 33.6 Å². The number of amides is 4. The summed E-state index contributed by atoms with van der Waals surface area (Å²) in [6.07, 6.45) is 8.61. The van der Waals surface area contributed by atoms with Crippen molar-refractivity contribution in [3.05, 3.63) is 71.6 Å². The molecule has 3 aliphatic rings. The van der Waals surface area contributed by atoms with E-state index in [4.69, 9.17) is 19.8 Å². The number of ether oxygens (including phenoxy) is 1. The molecule has 2 aromatic carbocycles. The number of aryl methyl sites for hydroxylation is 3. The van der Waals surface area contributed by atoms with Crippen molar-refractivity contribution in [1.82, 2.24) is 40.8 Å². The van der Waals surface area contributed by atoms with E-state index in [1.165, 1.54) is 12.7 Å². The number of hydrogen-bond donors (Lipinski definition) is 6. The minimum atomic E-state index is -1.21. The van der Waals surface area contributed by atoms with Gasteiger partial charge in [-0.2, -0.15) is 0 Å². The third-order valence-corrected chi connectivity index (χ3v) is 11.8. The Labute approximate surface area is 326 Å². The molecule has 14 nitrogen and oxygen atoms in total. The van der Waals surface area contributed by atoms with Crippen molar-refractivity contribution in [3.63, 3.8) is 0 Å². The molecule has 4 amide bonds. The molecule has 0 spiro atoms. The number of carbonyl (C=O) groups is 4. The van der Waals surface area contributed by atoms with Gasteiger partial charge in [0.25, 0.3) is 0 Å². The molecule has 2 fully saturated rings. The average molecular weight is 765 g/mol. The molecule has 6 N–H and O–H groups in total. The van der Waals surface area contributed by atoms with Crippen molar-refractivity contribution in [2.24, 2.45) is 17.8 Å². The molecule has 0 bridgehead atoms. The highest BCUT2D eigenvalue weighted by atomic mass is 16.5. The Bertz CT molecular complexity index is 2060. The maximum Gasteiger partial charge on any atom is 0.407 e. The van der Waals surface area contributed by atoms with Gasteiger partial charge in [0, 0.05) is 30.8 Å². The lowest BCUT2D eigenvalue weighted by atomic mass is 9.89. The maximum absolute atomic E-state index is 12.9. The van der Waals surface area contributed by atoms with E-state index >= 15 is 0 Å². The fraction of sp³-hybridized carbons (Fsp3) is 0.476. The molecule has 2 aliphatic carbocycles. The number of alkyl carbamates (subject to hydrolysis) is 1. The van der Waals surface area contributed by atoms with E-state index in [1.54, 1.807) is 4.90 Å². The second-order valence-corrected chi connectivity index (χ2v) is 15.6. The molecule has 2 unspecified atom stereocenters. The Morgan fingerprint density at radius 3 is 2.48 bits per heavy atom. The van der Waals surface area contributed by atoms with E-state index in [0.29, 0.717) is 24.9 Å². The minimum absolute atomic E-state index is 0.0571. The fourth-order valence-corrected chi connectivity index (χ4v) is 8.69. The monoisotopic (exact) mass is 764 g/mol. The van der Waals surface area contributed by atoms with E-state index in [0.717, 1.165) is 109 Å². The Kier molecular flexibility index (Phi) is 11.7. The van der Waals surface area contributed by atoms with Crippen molar-refractivity contribution >= 4 is 24.0 Å². The first-order valence-corrected chi connectivity index (χ1v) is 19.8. The summed E-state index contributed by atoms with van der Waals surface area (Å²) in [6.45, 7) is 4.74. The summed E-state index contributed by atoms with van der Waals surface area (Å²) >= 11 is 0. The first-order valence-electron chi connectivity index (χ1n) is 19.8. The predicted molar refractivity (Wildman–Crippen MR) is 210 cm³/mol. The van der Waals surface area contributed by atoms with E-state index < -0.39 is 18.2 Å². The molecule has 4 aromatic rings. The summed E-state index contributed by atoms with van der Waals surface area (Å²) in [7, 11) is 1.30. The summed E-state index contributed by atoms with van der Waals surface area (Å²) in [5.74, 6) is 2.14. The zero-order chi connectivity index (χ0) is 39.3. The number of aromatic nitrogens is 4. The molecule has 4 atom stereocenters. The standard InChI is InChI=1S/C42H52N8O6/c1-24(2)37(49-42(55)56-3)40(52)44-21-30-7-4-6-25(30)15-18-35-43-22-33(46-35)27-11-9-26(10-12-27)28-13-16-31-29(20-28)14-17-32-38(31)48-39(47-32)34-8-5-19-50(34)36(51)23-45-41(53)54/h9-13,16,20,22,24-25,30,34,37,45H,4-8,14-15,17-19,21,23H2,1-3H3,(H,43,46)(H,44,52)(H,47,48)(H,49,55)(H,53,54)/t25?,30?,34-,37-/m0/s1. The molecule has 1 saturated heterocycles. The van der Waals surface area contributed by atoms with Crippen LogP contribution < -0.4 is 16.0 Å². The lowest BCUT2D eigenvalue weighted by molar-refractivity contribution is -0.131. The Morgan fingerprint density at radius 2 is 1.71 bits per heavy atom. The third kappa shape index (κ3) is 8.58. The second kappa shape index (κ2) is 17.0. The third-order valence-electron chi connectivity index (χ3n) is 11.8. The molecule has 56 heavy (non-hydrogen) atoms. The number of aromatic amines is 2. The highest BCUT2D eigenvalue weighted by molar-refractivity contribution is 5.86. The molecule has 3 heterocycles. The number of nitrogens with one attached hydrogen (secondary N) is 5. The number of carbonyl (C=O) groups excluding carboxylic acids is 3. The maximum atomic E-state index is 12.9. The smallest absolute Gasteiger partial charge is 0.407 e. The van der Waals surface area contributed by atoms with Gasteiger partial charge in [-0.15, -0.1) is 0 Å². The van der Waals surface area contributed by atoms with E-state index in [2.05, 4.69) is 68.4 Å². The van der Waals surface area contributed by atoms with Crippen LogP contribution in [0.5, 0.6) is 0 Å². The minimum Gasteiger partial charge on any atom is -0.465 e. The van der Waals surface area contributed by atoms with Gasteiger partial charge in [-0.25, -0.2) is 19.6 Å². The predicted octanol–water partition coefficient (Wildman–Crippen LogP) is 6.01. The highest BCUT2D eigenvalue weighted by Gasteiger charge is 2.34. The molecule has 7 rings (SSSR count). The van der Waals surface area contributed by atoms with Crippen LogP contribution in [0.2, 0.25) is 0 Å². The van der Waals surface area contributed by atoms with Crippen LogP contribution in [0, 0.1) is 17.8 Å². The Balaban J connectivity index is 0.944. The normalized spacial score (nSPS) is 19.3. The summed E-state index contributed by atoms with van der Waals surface area (Å²) in [6, 6.07) is 14.2. The average Bonchev–Trinajstić information content (AvgIpc) is 4.03. The quantitative estimate of drug-likeness (QED) is 0.0953. The molecule has 14 heteroatoms. The van der Waals surface area contributed by atoms with Crippen molar-refractivity contribution < 1.29 is 29.0 Å². The Hall–Kier alpha value is -5.66. The molecule has 2 aromatic heterocycles. The lowest BCUT2D eigenvalue weighted by Gasteiger charge is -2.24. The fourth-order valence-electron chi connectivity index (χ4n) is 8.69. The first-order chi connectivity index (χ1) is 27.1. The van der Waals surface area contributed by atoms with Crippen molar-refractivity contribution in [3.8, 4) is 33.6 Å². The van der Waals surface area contributed by atoms with Crippen molar-refractivity contribution in [2.75, 3.05) is 26.7 Å². The number of rotatable bonds is 13. The van der Waals surface area contributed by atoms with E-state index in [9.17, 15) is 19.2 Å². The Morgan fingerprint density at radius 1 is 0.946 bits per heavy atom. The second-order valence-electron chi connectivity index (χ2n) is 15.6. The van der Waals surface area contributed by atoms with Crippen molar-refractivity contribution in [2.45, 2.75) is 83.7 Å². The van der Waals surface area contributed by atoms with Gasteiger partial charge in [0.05, 0.1) is 30.7 Å². The molecule has 1 saturated carbocycles. The zero-order valence-corrected chi connectivity index (χ0v) is 32.3. The number of nitrogens with zero attached hydrogens (tertiary/aromatic N) is 3. The van der Waals surface area contributed by atoms with Crippen LogP contribution in [0.25, 0.3) is 33.6 Å². The van der Waals surface area contributed by atoms with Gasteiger partial charge in [0.1, 0.15) is 24.2 Å². The van der Waals surface area contributed by atoms with Gasteiger partial charge < -0.3 is 40.7 Å². The summed E-state index contributed by atoms with van der Waals surface area (Å²) < 4.78 is 4.70. The highest BCUT2D eigenvalue weighted by Crippen LogP contribution is 2.39. The van der Waals surface area contributed by atoms with Gasteiger partial charge in [-0.05, 0) is 78.5 Å². The van der Waals surface area contributed by atoms with Crippen molar-refractivity contribution in [1.29, 1.82) is 0 Å². The summed E-state index contributed by atoms with van der Waals surface area (Å²) in [5.41, 5.74) is 8.66. The van der Waals surface area contributed by atoms with Crippen LogP contribution in [0.3, 0.4) is 0 Å². The number of fused-ring (bicyclic) bond motifs is 3. The first kappa shape index (κ1) is 38.6. The summed E-state index contributed by atoms with van der Waals surface area (Å²) in [5, 5.41) is 16.9.